The van der Waals surface area contributed by atoms with Gasteiger partial charge in [0.25, 0.3) is 0 Å². The first-order valence-electron chi connectivity index (χ1n) is 6.77. The summed E-state index contributed by atoms with van der Waals surface area (Å²) in [5.41, 5.74) is 5.05. The predicted octanol–water partition coefficient (Wildman–Crippen LogP) is 0.780. The van der Waals surface area contributed by atoms with Crippen LogP contribution in [0.1, 0.15) is 27.2 Å². The molecule has 19 heavy (non-hydrogen) atoms. The number of nitrogens with zero attached hydrogens (tertiary/aromatic N) is 2. The lowest BCUT2D eigenvalue weighted by atomic mass is 9.93. The van der Waals surface area contributed by atoms with Gasteiger partial charge in [0.1, 0.15) is 0 Å². The SMILES string of the molecule is CCC(C(N)=S)N1CCN(CC(C)(C)C(=O)O)CC1. The molecular formula is C13H25N3O2S. The Morgan fingerprint density at radius 1 is 1.37 bits per heavy atom. The number of carbonyl (C=O) groups is 1. The van der Waals surface area contributed by atoms with Crippen molar-refractivity contribution in [1.29, 1.82) is 0 Å². The monoisotopic (exact) mass is 287 g/mol. The van der Waals surface area contributed by atoms with Crippen molar-refractivity contribution >= 4 is 23.2 Å². The van der Waals surface area contributed by atoms with E-state index in [9.17, 15) is 4.79 Å². The lowest BCUT2D eigenvalue weighted by molar-refractivity contribution is -0.148. The quantitative estimate of drug-likeness (QED) is 0.704. The maximum atomic E-state index is 11.1. The highest BCUT2D eigenvalue weighted by Gasteiger charge is 2.32. The van der Waals surface area contributed by atoms with E-state index < -0.39 is 11.4 Å². The second-order valence-electron chi connectivity index (χ2n) is 5.83. The van der Waals surface area contributed by atoms with Gasteiger partial charge in [-0.15, -0.1) is 0 Å². The van der Waals surface area contributed by atoms with E-state index in [1.54, 1.807) is 13.8 Å². The molecule has 3 N–H and O–H groups in total. The van der Waals surface area contributed by atoms with Gasteiger partial charge in [0.05, 0.1) is 16.4 Å². The highest BCUT2D eigenvalue weighted by molar-refractivity contribution is 7.80. The van der Waals surface area contributed by atoms with Crippen molar-refractivity contribution in [2.75, 3.05) is 32.7 Å². The van der Waals surface area contributed by atoms with Crippen LogP contribution < -0.4 is 5.73 Å². The van der Waals surface area contributed by atoms with E-state index in [1.165, 1.54) is 0 Å². The summed E-state index contributed by atoms with van der Waals surface area (Å²) in [6.45, 7) is 9.74. The molecule has 0 spiro atoms. The van der Waals surface area contributed by atoms with Gasteiger partial charge in [-0.05, 0) is 20.3 Å². The molecule has 1 heterocycles. The van der Waals surface area contributed by atoms with Crippen LogP contribution in [0.15, 0.2) is 0 Å². The zero-order chi connectivity index (χ0) is 14.6. The third kappa shape index (κ3) is 4.40. The van der Waals surface area contributed by atoms with Crippen LogP contribution in [-0.4, -0.2) is 64.6 Å². The van der Waals surface area contributed by atoms with Crippen LogP contribution in [0.2, 0.25) is 0 Å². The average molecular weight is 287 g/mol. The van der Waals surface area contributed by atoms with Gasteiger partial charge in [-0.25, -0.2) is 0 Å². The Morgan fingerprint density at radius 2 is 1.89 bits per heavy atom. The van der Waals surface area contributed by atoms with E-state index in [-0.39, 0.29) is 6.04 Å². The highest BCUT2D eigenvalue weighted by Crippen LogP contribution is 2.19. The molecule has 1 saturated heterocycles. The fraction of sp³-hybridized carbons (Fsp3) is 0.846. The molecule has 1 unspecified atom stereocenters. The van der Waals surface area contributed by atoms with Gasteiger partial charge in [0.15, 0.2) is 0 Å². The van der Waals surface area contributed by atoms with Crippen molar-refractivity contribution < 1.29 is 9.90 Å². The smallest absolute Gasteiger partial charge is 0.310 e. The van der Waals surface area contributed by atoms with Crippen LogP contribution in [0.5, 0.6) is 0 Å². The molecule has 0 amide bonds. The minimum atomic E-state index is -0.746. The summed E-state index contributed by atoms with van der Waals surface area (Å²) < 4.78 is 0. The molecule has 1 atom stereocenters. The fourth-order valence-electron chi connectivity index (χ4n) is 2.50. The molecule has 0 radical (unpaired) electrons. The lowest BCUT2D eigenvalue weighted by Crippen LogP contribution is -2.55. The molecular weight excluding hydrogens is 262 g/mol. The first-order chi connectivity index (χ1) is 8.77. The normalized spacial score (nSPS) is 20.2. The summed E-state index contributed by atoms with van der Waals surface area (Å²) in [6.07, 6.45) is 0.927. The lowest BCUT2D eigenvalue weighted by Gasteiger charge is -2.40. The Hall–Kier alpha value is -0.720. The second kappa shape index (κ2) is 6.63. The molecule has 1 fully saturated rings. The van der Waals surface area contributed by atoms with Crippen molar-refractivity contribution in [2.24, 2.45) is 11.1 Å². The Labute approximate surface area is 120 Å². The zero-order valence-corrected chi connectivity index (χ0v) is 12.9. The number of piperazine rings is 1. The molecule has 0 saturated carbocycles. The summed E-state index contributed by atoms with van der Waals surface area (Å²) in [5, 5.41) is 9.15. The summed E-state index contributed by atoms with van der Waals surface area (Å²) in [4.78, 5) is 16.2. The van der Waals surface area contributed by atoms with E-state index in [0.29, 0.717) is 11.5 Å². The van der Waals surface area contributed by atoms with Gasteiger partial charge >= 0.3 is 5.97 Å². The topological polar surface area (TPSA) is 69.8 Å². The molecule has 110 valence electrons. The first-order valence-corrected chi connectivity index (χ1v) is 7.18. The van der Waals surface area contributed by atoms with Crippen molar-refractivity contribution in [1.82, 2.24) is 9.80 Å². The van der Waals surface area contributed by atoms with Crippen molar-refractivity contribution in [3.05, 3.63) is 0 Å². The Balaban J connectivity index is 2.49. The average Bonchev–Trinajstić information content (AvgIpc) is 2.31. The molecule has 6 heteroatoms. The van der Waals surface area contributed by atoms with Gasteiger partial charge in [0.2, 0.25) is 0 Å². The number of aliphatic carboxylic acids is 1. The maximum absolute atomic E-state index is 11.1. The second-order valence-corrected chi connectivity index (χ2v) is 6.30. The summed E-state index contributed by atoms with van der Waals surface area (Å²) in [5.74, 6) is -0.746. The Morgan fingerprint density at radius 3 is 2.26 bits per heavy atom. The van der Waals surface area contributed by atoms with Gasteiger partial charge in [-0.3, -0.25) is 14.6 Å². The summed E-state index contributed by atoms with van der Waals surface area (Å²) >= 11 is 5.09. The van der Waals surface area contributed by atoms with Gasteiger partial charge in [-0.2, -0.15) is 0 Å². The Bertz CT molecular complexity index is 339. The van der Waals surface area contributed by atoms with Crippen molar-refractivity contribution in [2.45, 2.75) is 33.2 Å². The van der Waals surface area contributed by atoms with Crippen LogP contribution in [0.4, 0.5) is 0 Å². The zero-order valence-electron chi connectivity index (χ0n) is 12.1. The first kappa shape index (κ1) is 16.3. The van der Waals surface area contributed by atoms with E-state index in [4.69, 9.17) is 23.1 Å². The molecule has 0 aromatic heterocycles. The molecule has 1 rings (SSSR count). The van der Waals surface area contributed by atoms with Gasteiger partial charge in [0, 0.05) is 32.7 Å². The number of carboxylic acid groups (broad SMARTS) is 1. The van der Waals surface area contributed by atoms with E-state index in [2.05, 4.69) is 16.7 Å². The van der Waals surface area contributed by atoms with Crippen molar-refractivity contribution in [3.63, 3.8) is 0 Å². The molecule has 0 aromatic rings. The minimum absolute atomic E-state index is 0.171. The van der Waals surface area contributed by atoms with Crippen LogP contribution in [-0.2, 0) is 4.79 Å². The molecule has 0 aliphatic carbocycles. The van der Waals surface area contributed by atoms with Crippen LogP contribution in [0.25, 0.3) is 0 Å². The van der Waals surface area contributed by atoms with E-state index in [1.807, 2.05) is 0 Å². The van der Waals surface area contributed by atoms with E-state index in [0.717, 1.165) is 32.6 Å². The standard InChI is InChI=1S/C13H25N3O2S/c1-4-10(11(14)19)16-7-5-15(6-8-16)9-13(2,3)12(17)18/h10H,4-9H2,1-3H3,(H2,14,19)(H,17,18). The fourth-order valence-corrected chi connectivity index (χ4v) is 2.81. The molecule has 0 aromatic carbocycles. The molecule has 0 bridgehead atoms. The van der Waals surface area contributed by atoms with Crippen LogP contribution in [0.3, 0.4) is 0 Å². The number of nitrogens with two attached hydrogens (primary N) is 1. The molecule has 5 nitrogen and oxygen atoms in total. The van der Waals surface area contributed by atoms with E-state index >= 15 is 0 Å². The van der Waals surface area contributed by atoms with Crippen LogP contribution in [0, 0.1) is 5.41 Å². The Kier molecular flexibility index (Phi) is 5.70. The number of hydrogen-bond acceptors (Lipinski definition) is 4. The molecule has 1 aliphatic heterocycles. The number of thiocarbonyl (C=S) groups is 1. The third-order valence-electron chi connectivity index (χ3n) is 3.76. The third-order valence-corrected chi connectivity index (χ3v) is 4.03. The number of hydrogen-bond donors (Lipinski definition) is 2. The largest absolute Gasteiger partial charge is 0.481 e. The molecule has 1 aliphatic rings. The van der Waals surface area contributed by atoms with Gasteiger partial charge in [-0.1, -0.05) is 19.1 Å². The summed E-state index contributed by atoms with van der Waals surface area (Å²) in [7, 11) is 0. The minimum Gasteiger partial charge on any atom is -0.481 e. The van der Waals surface area contributed by atoms with Crippen molar-refractivity contribution in [3.8, 4) is 0 Å². The summed E-state index contributed by atoms with van der Waals surface area (Å²) in [6, 6.07) is 0.171. The maximum Gasteiger partial charge on any atom is 0.310 e. The van der Waals surface area contributed by atoms with Crippen LogP contribution >= 0.6 is 12.2 Å². The van der Waals surface area contributed by atoms with Gasteiger partial charge < -0.3 is 10.8 Å². The number of carboxylic acids is 1. The predicted molar refractivity (Wildman–Crippen MR) is 80.3 cm³/mol. The number of rotatable bonds is 6. The highest BCUT2D eigenvalue weighted by atomic mass is 32.1.